The molecule has 0 heterocycles. The van der Waals surface area contributed by atoms with E-state index in [9.17, 15) is 14.4 Å². The molecule has 0 bridgehead atoms. The molecule has 1 unspecified atom stereocenters. The fraction of sp³-hybridized carbons (Fsp3) is 0.676. The minimum absolute atomic E-state index is 0.124. The van der Waals surface area contributed by atoms with Crippen LogP contribution in [0.1, 0.15) is 290 Å². The zero-order valence-corrected chi connectivity index (χ0v) is 50.2. The van der Waals surface area contributed by atoms with Crippen LogP contribution in [-0.4, -0.2) is 37.2 Å². The van der Waals surface area contributed by atoms with Crippen molar-refractivity contribution in [3.8, 4) is 0 Å². The highest BCUT2D eigenvalue weighted by Crippen LogP contribution is 2.16. The molecule has 0 N–H and O–H groups in total. The van der Waals surface area contributed by atoms with Gasteiger partial charge in [0.15, 0.2) is 6.10 Å². The van der Waals surface area contributed by atoms with Gasteiger partial charge in [0.05, 0.1) is 0 Å². The van der Waals surface area contributed by atoms with Gasteiger partial charge in [0, 0.05) is 19.3 Å². The Bertz CT molecular complexity index is 1600. The van der Waals surface area contributed by atoms with Gasteiger partial charge in [-0.15, -0.1) is 0 Å². The Morgan fingerprint density at radius 3 is 0.922 bits per heavy atom. The Balaban J connectivity index is 4.32. The van der Waals surface area contributed by atoms with Crippen molar-refractivity contribution in [1.29, 1.82) is 0 Å². The first-order valence-corrected chi connectivity index (χ1v) is 32.0. The van der Waals surface area contributed by atoms with Crippen LogP contribution in [0.5, 0.6) is 0 Å². The molecule has 0 aliphatic carbocycles. The van der Waals surface area contributed by atoms with Gasteiger partial charge in [0.2, 0.25) is 0 Å². The third-order valence-electron chi connectivity index (χ3n) is 13.4. The first-order chi connectivity index (χ1) is 38.0. The molecule has 0 aromatic rings. The monoisotopic (exact) mass is 1070 g/mol. The molecule has 6 heteroatoms. The highest BCUT2D eigenvalue weighted by atomic mass is 16.6. The van der Waals surface area contributed by atoms with Gasteiger partial charge in [-0.1, -0.05) is 284 Å². The van der Waals surface area contributed by atoms with E-state index in [0.717, 1.165) is 83.5 Å². The van der Waals surface area contributed by atoms with E-state index < -0.39 is 6.10 Å². The summed E-state index contributed by atoms with van der Waals surface area (Å²) in [7, 11) is 0. The van der Waals surface area contributed by atoms with E-state index in [1.807, 2.05) is 12.2 Å². The quantitative estimate of drug-likeness (QED) is 0.0261. The van der Waals surface area contributed by atoms with Crippen LogP contribution in [0.2, 0.25) is 0 Å². The largest absolute Gasteiger partial charge is 0.462 e. The average Bonchev–Trinajstić information content (AvgIpc) is 3.43. The summed E-state index contributed by atoms with van der Waals surface area (Å²) < 4.78 is 16.8. The lowest BCUT2D eigenvalue weighted by Gasteiger charge is -2.18. The zero-order chi connectivity index (χ0) is 55.7. The number of allylic oxidation sites excluding steroid dienone is 20. The molecule has 0 radical (unpaired) electrons. The van der Waals surface area contributed by atoms with Crippen LogP contribution < -0.4 is 0 Å². The summed E-state index contributed by atoms with van der Waals surface area (Å²) >= 11 is 0. The van der Waals surface area contributed by atoms with Crippen molar-refractivity contribution >= 4 is 17.9 Å². The molecule has 0 rings (SSSR count). The fourth-order valence-electron chi connectivity index (χ4n) is 8.72. The predicted octanol–water partition coefficient (Wildman–Crippen LogP) is 22.0. The van der Waals surface area contributed by atoms with Crippen molar-refractivity contribution < 1.29 is 28.6 Å². The zero-order valence-electron chi connectivity index (χ0n) is 50.2. The predicted molar refractivity (Wildman–Crippen MR) is 334 cm³/mol. The molecule has 1 atom stereocenters. The number of ether oxygens (including phenoxy) is 3. The summed E-state index contributed by atoms with van der Waals surface area (Å²) in [5.74, 6) is -1.07. The Hall–Kier alpha value is -4.19. The maximum atomic E-state index is 12.8. The van der Waals surface area contributed by atoms with Gasteiger partial charge >= 0.3 is 17.9 Å². The molecule has 0 saturated heterocycles. The van der Waals surface area contributed by atoms with Crippen molar-refractivity contribution in [1.82, 2.24) is 0 Å². The van der Waals surface area contributed by atoms with E-state index in [2.05, 4.69) is 130 Å². The van der Waals surface area contributed by atoms with Gasteiger partial charge in [-0.25, -0.2) is 0 Å². The molecular weight excluding hydrogens is 949 g/mol. The molecule has 0 aliphatic rings. The Morgan fingerprint density at radius 1 is 0.273 bits per heavy atom. The van der Waals surface area contributed by atoms with E-state index in [4.69, 9.17) is 14.2 Å². The number of unbranched alkanes of at least 4 members (excludes halogenated alkanes) is 26. The normalized spacial score (nSPS) is 12.9. The summed E-state index contributed by atoms with van der Waals surface area (Å²) in [5.41, 5.74) is 0. The van der Waals surface area contributed by atoms with Gasteiger partial charge in [-0.2, -0.15) is 0 Å². The number of hydrogen-bond donors (Lipinski definition) is 0. The van der Waals surface area contributed by atoms with Gasteiger partial charge in [0.25, 0.3) is 0 Å². The third kappa shape index (κ3) is 62.5. The lowest BCUT2D eigenvalue weighted by atomic mass is 10.0. The topological polar surface area (TPSA) is 78.9 Å². The lowest BCUT2D eigenvalue weighted by Crippen LogP contribution is -2.30. The smallest absolute Gasteiger partial charge is 0.306 e. The molecule has 0 fully saturated rings. The summed E-state index contributed by atoms with van der Waals surface area (Å²) in [6.07, 6.45) is 89.7. The second-order valence-electron chi connectivity index (χ2n) is 20.9. The SMILES string of the molecule is CC/C=C\C/C=C\C/C=C\C/C=C\C/C=C\CCCC(=O)OC(COC(=O)CC/C=C\C/C=C\C/C=C\C/C=C\CC)COC(=O)CCCCCCCCCCCCCCCCCCC/C=C\CCCCCCCCCC. The number of hydrogen-bond acceptors (Lipinski definition) is 6. The van der Waals surface area contributed by atoms with Crippen LogP contribution in [0, 0.1) is 0 Å². The van der Waals surface area contributed by atoms with Crippen LogP contribution in [-0.2, 0) is 28.6 Å². The van der Waals surface area contributed by atoms with E-state index in [-0.39, 0.29) is 44.0 Å². The highest BCUT2D eigenvalue weighted by Gasteiger charge is 2.19. The first kappa shape index (κ1) is 72.8. The summed E-state index contributed by atoms with van der Waals surface area (Å²) in [4.78, 5) is 38.2. The minimum Gasteiger partial charge on any atom is -0.462 e. The highest BCUT2D eigenvalue weighted by molar-refractivity contribution is 5.71. The number of esters is 3. The molecule has 0 aromatic heterocycles. The number of rotatable bonds is 57. The molecule has 0 saturated carbocycles. The fourth-order valence-corrected chi connectivity index (χ4v) is 8.72. The van der Waals surface area contributed by atoms with Crippen molar-refractivity contribution in [3.63, 3.8) is 0 Å². The Morgan fingerprint density at radius 2 is 0.545 bits per heavy atom. The van der Waals surface area contributed by atoms with E-state index in [0.29, 0.717) is 19.3 Å². The molecule has 77 heavy (non-hydrogen) atoms. The van der Waals surface area contributed by atoms with Crippen molar-refractivity contribution in [2.45, 2.75) is 297 Å². The molecule has 0 aromatic carbocycles. The Kier molecular flexibility index (Phi) is 60.8. The first-order valence-electron chi connectivity index (χ1n) is 32.0. The summed E-state index contributed by atoms with van der Waals surface area (Å²) in [6, 6.07) is 0. The number of carbonyl (C=O) groups is 3. The van der Waals surface area contributed by atoms with Crippen LogP contribution in [0.4, 0.5) is 0 Å². The van der Waals surface area contributed by atoms with Crippen molar-refractivity contribution in [2.75, 3.05) is 13.2 Å². The van der Waals surface area contributed by atoms with Crippen LogP contribution in [0.15, 0.2) is 122 Å². The lowest BCUT2D eigenvalue weighted by molar-refractivity contribution is -0.166. The Labute approximate surface area is 475 Å². The molecule has 438 valence electrons. The molecular formula is C71H118O6. The van der Waals surface area contributed by atoms with Crippen molar-refractivity contribution in [2.24, 2.45) is 0 Å². The maximum Gasteiger partial charge on any atom is 0.306 e. The van der Waals surface area contributed by atoms with Crippen LogP contribution >= 0.6 is 0 Å². The second-order valence-corrected chi connectivity index (χ2v) is 20.9. The standard InChI is InChI=1S/C71H118O6/c1-4-7-10-13-16-19-22-25-27-29-30-31-32-33-34-35-36-37-38-39-40-42-43-46-49-52-55-58-61-64-70(73)76-67-68(66-75-69(72)63-60-57-54-51-48-45-24-21-18-15-12-9-6-3)77-71(74)65-62-59-56-53-50-47-44-41-28-26-23-20-17-14-11-8-5-2/h8-9,11-12,17-18,20-21,26,28-30,44-45,47-48,53-54,56-57,68H,4-7,10,13-16,19,22-25,27,31-43,46,49-52,55,58-67H2,1-3H3/b11-8-,12-9-,20-17-,21-18-,28-26-,30-29-,47-44-,48-45-,56-53-,57-54-. The maximum absolute atomic E-state index is 12.8. The van der Waals surface area contributed by atoms with E-state index >= 15 is 0 Å². The van der Waals surface area contributed by atoms with E-state index in [1.54, 1.807) is 0 Å². The van der Waals surface area contributed by atoms with Gasteiger partial charge < -0.3 is 14.2 Å². The molecule has 0 aliphatic heterocycles. The summed E-state index contributed by atoms with van der Waals surface area (Å²) in [6.45, 7) is 6.31. The third-order valence-corrected chi connectivity index (χ3v) is 13.4. The van der Waals surface area contributed by atoms with Crippen LogP contribution in [0.3, 0.4) is 0 Å². The second kappa shape index (κ2) is 64.3. The van der Waals surface area contributed by atoms with Crippen LogP contribution in [0.25, 0.3) is 0 Å². The molecule has 6 nitrogen and oxygen atoms in total. The van der Waals surface area contributed by atoms with Gasteiger partial charge in [-0.3, -0.25) is 14.4 Å². The average molecular weight is 1070 g/mol. The van der Waals surface area contributed by atoms with Crippen molar-refractivity contribution in [3.05, 3.63) is 122 Å². The molecule has 0 spiro atoms. The molecule has 0 amide bonds. The van der Waals surface area contributed by atoms with Gasteiger partial charge in [0.1, 0.15) is 13.2 Å². The number of carbonyl (C=O) groups excluding carboxylic acids is 3. The van der Waals surface area contributed by atoms with Gasteiger partial charge in [-0.05, 0) is 109 Å². The minimum atomic E-state index is -0.840. The summed E-state index contributed by atoms with van der Waals surface area (Å²) in [5, 5.41) is 0. The van der Waals surface area contributed by atoms with E-state index in [1.165, 1.54) is 154 Å².